The zero-order chi connectivity index (χ0) is 12.3. The predicted octanol–water partition coefficient (Wildman–Crippen LogP) is 3.18. The van der Waals surface area contributed by atoms with Crippen LogP contribution in [0.25, 0.3) is 0 Å². The summed E-state index contributed by atoms with van der Waals surface area (Å²) in [6, 6.07) is 7.17. The van der Waals surface area contributed by atoms with Crippen LogP contribution < -0.4 is 5.43 Å². The predicted molar refractivity (Wildman–Crippen MR) is 70.5 cm³/mol. The lowest BCUT2D eigenvalue weighted by Crippen LogP contribution is -2.16. The fourth-order valence-electron chi connectivity index (χ4n) is 1.17. The van der Waals surface area contributed by atoms with E-state index in [9.17, 15) is 4.79 Å². The molecule has 1 amide bonds. The Labute approximate surface area is 110 Å². The van der Waals surface area contributed by atoms with E-state index in [4.69, 9.17) is 4.42 Å². The minimum absolute atomic E-state index is 0.219. The van der Waals surface area contributed by atoms with Crippen molar-refractivity contribution in [2.24, 2.45) is 5.10 Å². The van der Waals surface area contributed by atoms with Crippen molar-refractivity contribution in [2.75, 3.05) is 0 Å². The molecular formula is C11H9BrN2O2S. The molecule has 0 aliphatic carbocycles. The second kappa shape index (κ2) is 5.29. The number of nitrogens with zero attached hydrogens (tertiary/aromatic N) is 1. The highest BCUT2D eigenvalue weighted by Gasteiger charge is 2.08. The maximum absolute atomic E-state index is 11.5. The fraction of sp³-hybridized carbons (Fsp3) is 0.0909. The zero-order valence-electron chi connectivity index (χ0n) is 8.94. The molecule has 0 saturated heterocycles. The van der Waals surface area contributed by atoms with E-state index < -0.39 is 0 Å². The van der Waals surface area contributed by atoms with Crippen LogP contribution in [-0.4, -0.2) is 12.1 Å². The van der Waals surface area contributed by atoms with E-state index >= 15 is 0 Å². The first kappa shape index (κ1) is 12.1. The van der Waals surface area contributed by atoms with Gasteiger partial charge in [0.15, 0.2) is 10.4 Å². The molecule has 0 aromatic carbocycles. The first-order valence-corrected chi connectivity index (χ1v) is 6.41. The summed E-state index contributed by atoms with van der Waals surface area (Å²) in [7, 11) is 0. The Kier molecular flexibility index (Phi) is 3.75. The van der Waals surface area contributed by atoms with Crippen molar-refractivity contribution >= 4 is 39.4 Å². The number of thiophene rings is 1. The molecule has 6 heteroatoms. The molecule has 2 rings (SSSR count). The van der Waals surface area contributed by atoms with Crippen molar-refractivity contribution in [3.05, 3.63) is 44.4 Å². The third kappa shape index (κ3) is 3.28. The van der Waals surface area contributed by atoms with E-state index in [0.717, 1.165) is 4.88 Å². The third-order valence-electron chi connectivity index (χ3n) is 1.92. The first-order valence-electron chi connectivity index (χ1n) is 4.80. The van der Waals surface area contributed by atoms with Crippen LogP contribution in [0.5, 0.6) is 0 Å². The molecule has 0 fully saturated rings. The smallest absolute Gasteiger partial charge is 0.307 e. The molecule has 0 spiro atoms. The van der Waals surface area contributed by atoms with Gasteiger partial charge in [0, 0.05) is 9.75 Å². The number of furan rings is 1. The molecule has 1 N–H and O–H groups in total. The van der Waals surface area contributed by atoms with Gasteiger partial charge in [-0.25, -0.2) is 5.43 Å². The Bertz CT molecular complexity index is 559. The highest BCUT2D eigenvalue weighted by Crippen LogP contribution is 2.14. The van der Waals surface area contributed by atoms with E-state index in [1.807, 2.05) is 19.1 Å². The molecule has 17 heavy (non-hydrogen) atoms. The van der Waals surface area contributed by atoms with E-state index in [2.05, 4.69) is 26.5 Å². The number of amides is 1. The van der Waals surface area contributed by atoms with Crippen molar-refractivity contribution in [3.63, 3.8) is 0 Å². The number of halogens is 1. The van der Waals surface area contributed by atoms with Crippen LogP contribution >= 0.6 is 27.3 Å². The van der Waals surface area contributed by atoms with Gasteiger partial charge in [0.05, 0.1) is 6.21 Å². The maximum atomic E-state index is 11.5. The van der Waals surface area contributed by atoms with E-state index in [0.29, 0.717) is 4.67 Å². The summed E-state index contributed by atoms with van der Waals surface area (Å²) in [6.07, 6.45) is 1.60. The number of aryl methyl sites for hydroxylation is 1. The molecule has 2 aromatic heterocycles. The molecular weight excluding hydrogens is 304 g/mol. The lowest BCUT2D eigenvalue weighted by atomic mass is 10.4. The fourth-order valence-corrected chi connectivity index (χ4v) is 2.22. The standard InChI is InChI=1S/C11H9BrN2O2S/c1-7-2-3-8(17-7)6-13-14-11(15)9-4-5-10(12)16-9/h2-6H,1H3,(H,14,15)/b13-6-. The third-order valence-corrected chi connectivity index (χ3v) is 3.28. The maximum Gasteiger partial charge on any atom is 0.307 e. The van der Waals surface area contributed by atoms with Crippen LogP contribution in [0.2, 0.25) is 0 Å². The van der Waals surface area contributed by atoms with Crippen LogP contribution in [-0.2, 0) is 0 Å². The topological polar surface area (TPSA) is 54.6 Å². The number of rotatable bonds is 3. The van der Waals surface area contributed by atoms with Crippen LogP contribution in [0.3, 0.4) is 0 Å². The highest BCUT2D eigenvalue weighted by atomic mass is 79.9. The van der Waals surface area contributed by atoms with Gasteiger partial charge in [-0.05, 0) is 47.1 Å². The van der Waals surface area contributed by atoms with Crippen LogP contribution in [0.1, 0.15) is 20.3 Å². The highest BCUT2D eigenvalue weighted by molar-refractivity contribution is 9.10. The molecule has 0 bridgehead atoms. The molecule has 0 aliphatic rings. The summed E-state index contributed by atoms with van der Waals surface area (Å²) in [5.41, 5.74) is 2.39. The van der Waals surface area contributed by atoms with Crippen molar-refractivity contribution in [3.8, 4) is 0 Å². The number of carbonyl (C=O) groups is 1. The summed E-state index contributed by atoms with van der Waals surface area (Å²) < 4.78 is 5.60. The summed E-state index contributed by atoms with van der Waals surface area (Å²) in [5.74, 6) is -0.156. The summed E-state index contributed by atoms with van der Waals surface area (Å²) >= 11 is 4.73. The lowest BCUT2D eigenvalue weighted by Gasteiger charge is -1.93. The Morgan fingerprint density at radius 3 is 2.88 bits per heavy atom. The number of hydrogen-bond donors (Lipinski definition) is 1. The number of carbonyl (C=O) groups excluding carboxylic acids is 1. The first-order chi connectivity index (χ1) is 8.15. The largest absolute Gasteiger partial charge is 0.444 e. The van der Waals surface area contributed by atoms with E-state index in [-0.39, 0.29) is 11.7 Å². The minimum atomic E-state index is -0.375. The van der Waals surface area contributed by atoms with Crippen LogP contribution in [0, 0.1) is 6.92 Å². The van der Waals surface area contributed by atoms with Gasteiger partial charge in [-0.3, -0.25) is 4.79 Å². The van der Waals surface area contributed by atoms with Gasteiger partial charge in [-0.15, -0.1) is 11.3 Å². The molecule has 88 valence electrons. The molecule has 2 heterocycles. The SMILES string of the molecule is Cc1ccc(/C=N\NC(=O)c2ccc(Br)o2)s1. The van der Waals surface area contributed by atoms with Gasteiger partial charge in [0.1, 0.15) is 0 Å². The molecule has 0 saturated carbocycles. The Balaban J connectivity index is 1.94. The average Bonchev–Trinajstić information content (AvgIpc) is 2.88. The second-order valence-corrected chi connectivity index (χ2v) is 5.35. The molecule has 0 unspecified atom stereocenters. The van der Waals surface area contributed by atoms with Gasteiger partial charge in [0.2, 0.25) is 0 Å². The molecule has 2 aromatic rings. The molecule has 0 atom stereocenters. The van der Waals surface area contributed by atoms with Gasteiger partial charge in [-0.2, -0.15) is 5.10 Å². The summed E-state index contributed by atoms with van der Waals surface area (Å²) in [5, 5.41) is 3.85. The van der Waals surface area contributed by atoms with Gasteiger partial charge < -0.3 is 4.42 Å². The van der Waals surface area contributed by atoms with Gasteiger partial charge in [0.25, 0.3) is 0 Å². The quantitative estimate of drug-likeness (QED) is 0.699. The zero-order valence-corrected chi connectivity index (χ0v) is 11.3. The van der Waals surface area contributed by atoms with Crippen molar-refractivity contribution in [1.29, 1.82) is 0 Å². The average molecular weight is 313 g/mol. The number of nitrogens with one attached hydrogen (secondary N) is 1. The molecule has 0 aliphatic heterocycles. The Hall–Kier alpha value is -1.40. The van der Waals surface area contributed by atoms with Crippen molar-refractivity contribution in [2.45, 2.75) is 6.92 Å². The Morgan fingerprint density at radius 2 is 2.29 bits per heavy atom. The van der Waals surface area contributed by atoms with E-state index in [1.54, 1.807) is 29.7 Å². The Morgan fingerprint density at radius 1 is 1.47 bits per heavy atom. The number of hydrogen-bond acceptors (Lipinski definition) is 4. The van der Waals surface area contributed by atoms with Crippen molar-refractivity contribution in [1.82, 2.24) is 5.43 Å². The minimum Gasteiger partial charge on any atom is -0.444 e. The van der Waals surface area contributed by atoms with Crippen molar-refractivity contribution < 1.29 is 9.21 Å². The summed E-state index contributed by atoms with van der Waals surface area (Å²) in [6.45, 7) is 2.01. The van der Waals surface area contributed by atoms with Gasteiger partial charge >= 0.3 is 5.91 Å². The van der Waals surface area contributed by atoms with Crippen LogP contribution in [0.4, 0.5) is 0 Å². The lowest BCUT2D eigenvalue weighted by molar-refractivity contribution is 0.0926. The number of hydrazone groups is 1. The summed E-state index contributed by atoms with van der Waals surface area (Å²) in [4.78, 5) is 13.7. The van der Waals surface area contributed by atoms with Gasteiger partial charge in [-0.1, -0.05) is 0 Å². The monoisotopic (exact) mass is 312 g/mol. The van der Waals surface area contributed by atoms with E-state index in [1.165, 1.54) is 4.88 Å². The molecule has 4 nitrogen and oxygen atoms in total. The normalized spacial score (nSPS) is 10.9. The molecule has 0 radical (unpaired) electrons. The second-order valence-electron chi connectivity index (χ2n) is 3.25. The van der Waals surface area contributed by atoms with Crippen LogP contribution in [0.15, 0.2) is 38.5 Å².